The molecule has 1 aliphatic rings. The van der Waals surface area contributed by atoms with E-state index in [0.29, 0.717) is 37.6 Å². The third-order valence-electron chi connectivity index (χ3n) is 3.50. The molecule has 2 N–H and O–H groups in total. The van der Waals surface area contributed by atoms with Crippen LogP contribution in [0.2, 0.25) is 0 Å². The van der Waals surface area contributed by atoms with Gasteiger partial charge in [0.25, 0.3) is 5.91 Å². The predicted molar refractivity (Wildman–Crippen MR) is 69.4 cm³/mol. The van der Waals surface area contributed by atoms with Crippen LogP contribution in [0.1, 0.15) is 35.7 Å². The van der Waals surface area contributed by atoms with E-state index in [9.17, 15) is 22.4 Å². The van der Waals surface area contributed by atoms with E-state index in [0.717, 1.165) is 0 Å². The van der Waals surface area contributed by atoms with Crippen molar-refractivity contribution in [3.63, 3.8) is 0 Å². The first-order valence-corrected chi connectivity index (χ1v) is 6.68. The third-order valence-corrected chi connectivity index (χ3v) is 3.50. The first kappa shape index (κ1) is 15.8. The number of nitrogens with one attached hydrogen (secondary N) is 2. The van der Waals surface area contributed by atoms with Crippen LogP contribution in [0.25, 0.3) is 0 Å². The fourth-order valence-electron chi connectivity index (χ4n) is 2.40. The van der Waals surface area contributed by atoms with Gasteiger partial charge in [0, 0.05) is 12.1 Å². The van der Waals surface area contributed by atoms with Gasteiger partial charge in [0.15, 0.2) is 0 Å². The fraction of sp³-hybridized carbons (Fsp3) is 0.500. The molecule has 1 aromatic carbocycles. The number of piperidine rings is 1. The van der Waals surface area contributed by atoms with Crippen LogP contribution in [0.4, 0.5) is 17.6 Å². The molecule has 116 valence electrons. The zero-order valence-electron chi connectivity index (χ0n) is 11.4. The van der Waals surface area contributed by atoms with Gasteiger partial charge in [-0.25, -0.2) is 4.39 Å². The summed E-state index contributed by atoms with van der Waals surface area (Å²) in [4.78, 5) is 12.0. The summed E-state index contributed by atoms with van der Waals surface area (Å²) in [5, 5.41) is 5.79. The molecule has 2 rings (SSSR count). The molecule has 0 saturated carbocycles. The predicted octanol–water partition coefficient (Wildman–Crippen LogP) is 2.71. The van der Waals surface area contributed by atoms with Crippen LogP contribution in [0.3, 0.4) is 0 Å². The Morgan fingerprint density at radius 1 is 1.38 bits per heavy atom. The highest BCUT2D eigenvalue weighted by molar-refractivity contribution is 5.94. The van der Waals surface area contributed by atoms with Gasteiger partial charge in [0.05, 0.1) is 11.1 Å². The van der Waals surface area contributed by atoms with E-state index >= 15 is 0 Å². The van der Waals surface area contributed by atoms with Crippen molar-refractivity contribution < 1.29 is 22.4 Å². The molecule has 0 aromatic heterocycles. The normalized spacial score (nSPS) is 22.9. The maximum Gasteiger partial charge on any atom is 0.416 e. The van der Waals surface area contributed by atoms with E-state index in [2.05, 4.69) is 10.6 Å². The summed E-state index contributed by atoms with van der Waals surface area (Å²) >= 11 is 0. The number of halogens is 4. The molecule has 2 unspecified atom stereocenters. The van der Waals surface area contributed by atoms with E-state index in [1.54, 1.807) is 0 Å². The molecule has 0 spiro atoms. The van der Waals surface area contributed by atoms with Gasteiger partial charge in [-0.1, -0.05) is 0 Å². The van der Waals surface area contributed by atoms with Gasteiger partial charge in [-0.05, 0) is 44.5 Å². The molecule has 1 fully saturated rings. The molecule has 0 bridgehead atoms. The number of benzene rings is 1. The number of hydrogen-bond donors (Lipinski definition) is 2. The summed E-state index contributed by atoms with van der Waals surface area (Å²) in [5.74, 6) is -1.76. The van der Waals surface area contributed by atoms with E-state index in [4.69, 9.17) is 0 Å². The average molecular weight is 304 g/mol. The lowest BCUT2D eigenvalue weighted by molar-refractivity contribution is -0.137. The Labute approximate surface area is 119 Å². The minimum Gasteiger partial charge on any atom is -0.349 e. The lowest BCUT2D eigenvalue weighted by atomic mass is 10.00. The fourth-order valence-corrected chi connectivity index (χ4v) is 2.40. The zero-order valence-corrected chi connectivity index (χ0v) is 11.4. The van der Waals surface area contributed by atoms with Crippen molar-refractivity contribution in [3.05, 3.63) is 35.1 Å². The van der Waals surface area contributed by atoms with Gasteiger partial charge in [-0.3, -0.25) is 4.79 Å². The number of hydrogen-bond acceptors (Lipinski definition) is 2. The summed E-state index contributed by atoms with van der Waals surface area (Å²) in [6.07, 6.45) is -3.28. The minimum atomic E-state index is -4.61. The van der Waals surface area contributed by atoms with Crippen LogP contribution >= 0.6 is 0 Å². The Hall–Kier alpha value is -1.63. The van der Waals surface area contributed by atoms with Gasteiger partial charge in [0.2, 0.25) is 0 Å². The Morgan fingerprint density at radius 3 is 2.71 bits per heavy atom. The molecule has 1 saturated heterocycles. The minimum absolute atomic E-state index is 0.164. The van der Waals surface area contributed by atoms with Gasteiger partial charge >= 0.3 is 6.18 Å². The third kappa shape index (κ3) is 3.93. The maximum atomic E-state index is 13.6. The van der Waals surface area contributed by atoms with Crippen molar-refractivity contribution in [2.75, 3.05) is 6.54 Å². The number of carbonyl (C=O) groups excluding carboxylic acids is 1. The first-order chi connectivity index (χ1) is 9.77. The summed E-state index contributed by atoms with van der Waals surface area (Å²) in [7, 11) is 0. The smallest absolute Gasteiger partial charge is 0.349 e. The molecule has 0 radical (unpaired) electrons. The number of amides is 1. The van der Waals surface area contributed by atoms with Crippen molar-refractivity contribution in [1.82, 2.24) is 10.6 Å². The monoisotopic (exact) mass is 304 g/mol. The van der Waals surface area contributed by atoms with Crippen molar-refractivity contribution in [2.45, 2.75) is 38.0 Å². The van der Waals surface area contributed by atoms with Gasteiger partial charge in [0.1, 0.15) is 5.82 Å². The molecular weight excluding hydrogens is 288 g/mol. The summed E-state index contributed by atoms with van der Waals surface area (Å²) < 4.78 is 51.4. The van der Waals surface area contributed by atoms with Crippen LogP contribution in [0, 0.1) is 5.82 Å². The first-order valence-electron chi connectivity index (χ1n) is 6.68. The van der Waals surface area contributed by atoms with E-state index in [-0.39, 0.29) is 12.1 Å². The van der Waals surface area contributed by atoms with Crippen LogP contribution < -0.4 is 10.6 Å². The Morgan fingerprint density at radius 2 is 2.10 bits per heavy atom. The van der Waals surface area contributed by atoms with Crippen molar-refractivity contribution in [1.29, 1.82) is 0 Å². The average Bonchev–Trinajstić information content (AvgIpc) is 2.37. The molecule has 2 atom stereocenters. The van der Waals surface area contributed by atoms with Crippen LogP contribution in [0.5, 0.6) is 0 Å². The molecule has 0 aliphatic carbocycles. The second-order valence-corrected chi connectivity index (χ2v) is 5.24. The highest BCUT2D eigenvalue weighted by Crippen LogP contribution is 2.30. The molecular formula is C14H16F4N2O. The van der Waals surface area contributed by atoms with E-state index in [1.165, 1.54) is 0 Å². The lowest BCUT2D eigenvalue weighted by Crippen LogP contribution is -2.46. The largest absolute Gasteiger partial charge is 0.416 e. The Balaban J connectivity index is 2.15. The van der Waals surface area contributed by atoms with Crippen molar-refractivity contribution in [3.8, 4) is 0 Å². The molecule has 1 heterocycles. The molecule has 3 nitrogen and oxygen atoms in total. The summed E-state index contributed by atoms with van der Waals surface area (Å²) in [5.41, 5.74) is -1.61. The van der Waals surface area contributed by atoms with Crippen molar-refractivity contribution in [2.24, 2.45) is 0 Å². The Kier molecular flexibility index (Phi) is 4.51. The maximum absolute atomic E-state index is 13.6. The molecule has 1 aliphatic heterocycles. The molecule has 21 heavy (non-hydrogen) atoms. The van der Waals surface area contributed by atoms with Crippen LogP contribution in [0.15, 0.2) is 18.2 Å². The number of carbonyl (C=O) groups is 1. The highest BCUT2D eigenvalue weighted by Gasteiger charge is 2.32. The molecule has 7 heteroatoms. The number of rotatable bonds is 2. The summed E-state index contributed by atoms with van der Waals surface area (Å²) in [6, 6.07) is 1.88. The topological polar surface area (TPSA) is 41.1 Å². The summed E-state index contributed by atoms with van der Waals surface area (Å²) in [6.45, 7) is 2.65. The van der Waals surface area contributed by atoms with Crippen LogP contribution in [-0.2, 0) is 6.18 Å². The van der Waals surface area contributed by atoms with Gasteiger partial charge in [-0.15, -0.1) is 0 Å². The highest BCUT2D eigenvalue weighted by atomic mass is 19.4. The SMILES string of the molecule is CC1CC(NC(=O)c2cc(C(F)(F)F)ccc2F)CCN1. The van der Waals surface area contributed by atoms with Gasteiger partial charge < -0.3 is 10.6 Å². The van der Waals surface area contributed by atoms with Gasteiger partial charge in [-0.2, -0.15) is 13.2 Å². The lowest BCUT2D eigenvalue weighted by Gasteiger charge is -2.28. The van der Waals surface area contributed by atoms with E-state index in [1.807, 2.05) is 6.92 Å². The Bertz CT molecular complexity index is 530. The quantitative estimate of drug-likeness (QED) is 0.825. The van der Waals surface area contributed by atoms with E-state index < -0.39 is 29.0 Å². The second kappa shape index (κ2) is 6.01. The molecule has 1 amide bonds. The van der Waals surface area contributed by atoms with Crippen molar-refractivity contribution >= 4 is 5.91 Å². The number of alkyl halides is 3. The van der Waals surface area contributed by atoms with Crippen LogP contribution in [-0.4, -0.2) is 24.5 Å². The zero-order chi connectivity index (χ0) is 15.6. The standard InChI is InChI=1S/C14H16F4N2O/c1-8-6-10(4-5-19-8)20-13(21)11-7-9(14(16,17)18)2-3-12(11)15/h2-3,7-8,10,19H,4-6H2,1H3,(H,20,21). The second-order valence-electron chi connectivity index (χ2n) is 5.24. The molecule has 1 aromatic rings.